The van der Waals surface area contributed by atoms with E-state index in [0.717, 1.165) is 6.07 Å². The molecule has 0 bridgehead atoms. The van der Waals surface area contributed by atoms with Crippen LogP contribution in [0.1, 0.15) is 17.3 Å². The number of hydrogen-bond acceptors (Lipinski definition) is 6. The van der Waals surface area contributed by atoms with Crippen LogP contribution in [0.15, 0.2) is 47.4 Å². The minimum Gasteiger partial charge on any atom is -0.324 e. The number of nitrogens with one attached hydrogen (secondary N) is 1. The Morgan fingerprint density at radius 2 is 1.93 bits per heavy atom. The van der Waals surface area contributed by atoms with Crippen LogP contribution in [0.2, 0.25) is 5.02 Å². The summed E-state index contributed by atoms with van der Waals surface area (Å²) >= 11 is 5.72. The van der Waals surface area contributed by atoms with E-state index >= 15 is 0 Å². The van der Waals surface area contributed by atoms with Crippen molar-refractivity contribution in [2.24, 2.45) is 0 Å². The average molecular weight is 410 g/mol. The van der Waals surface area contributed by atoms with Gasteiger partial charge in [0.25, 0.3) is 21.6 Å². The van der Waals surface area contributed by atoms with E-state index in [-0.39, 0.29) is 21.2 Å². The highest BCUT2D eigenvalue weighted by Gasteiger charge is 2.45. The topological polar surface area (TPSA) is 127 Å². The molecule has 11 heteroatoms. The normalized spacial score (nSPS) is 15.9. The van der Waals surface area contributed by atoms with Gasteiger partial charge in [0.2, 0.25) is 5.91 Å². The summed E-state index contributed by atoms with van der Waals surface area (Å²) in [5.74, 6) is -1.63. The van der Waals surface area contributed by atoms with Crippen LogP contribution in [-0.2, 0) is 14.8 Å². The molecule has 27 heavy (non-hydrogen) atoms. The summed E-state index contributed by atoms with van der Waals surface area (Å²) in [5.41, 5.74) is -0.386. The molecule has 3 rings (SSSR count). The Morgan fingerprint density at radius 3 is 2.56 bits per heavy atom. The molecule has 0 saturated carbocycles. The summed E-state index contributed by atoms with van der Waals surface area (Å²) in [7, 11) is -4.17. The predicted molar refractivity (Wildman–Crippen MR) is 96.0 cm³/mol. The lowest BCUT2D eigenvalue weighted by atomic mass is 10.2. The van der Waals surface area contributed by atoms with Crippen molar-refractivity contribution in [3.63, 3.8) is 0 Å². The van der Waals surface area contributed by atoms with E-state index in [2.05, 4.69) is 5.32 Å². The van der Waals surface area contributed by atoms with E-state index in [9.17, 15) is 28.1 Å². The Labute approximate surface area is 158 Å². The molecule has 140 valence electrons. The molecule has 1 aliphatic heterocycles. The standard InChI is InChI=1S/C16H12ClN3O6S/c1-9(15(21)18-10-6-7-12(17)13(8-10)20(23)24)19-16(22)11-4-2-3-5-14(11)27(19,25)26/h2-9H,1H3,(H,18,21)/t9-/m1/s1. The molecule has 2 amide bonds. The number of nitrogens with zero attached hydrogens (tertiary/aromatic N) is 2. The molecule has 9 nitrogen and oxygen atoms in total. The van der Waals surface area contributed by atoms with Gasteiger partial charge >= 0.3 is 0 Å². The summed E-state index contributed by atoms with van der Waals surface area (Å²) in [5, 5.41) is 13.2. The Morgan fingerprint density at radius 1 is 1.26 bits per heavy atom. The van der Waals surface area contributed by atoms with Gasteiger partial charge in [-0.3, -0.25) is 19.7 Å². The van der Waals surface area contributed by atoms with Crippen LogP contribution in [0.4, 0.5) is 11.4 Å². The molecule has 1 aliphatic rings. The monoisotopic (exact) mass is 409 g/mol. The lowest BCUT2D eigenvalue weighted by Gasteiger charge is -2.22. The zero-order chi connectivity index (χ0) is 19.9. The quantitative estimate of drug-likeness (QED) is 0.610. The SMILES string of the molecule is C[C@H](C(=O)Nc1ccc(Cl)c([N+](=O)[O-])c1)N1C(=O)c2ccccc2S1(=O)=O. The summed E-state index contributed by atoms with van der Waals surface area (Å²) in [6, 6.07) is 7.88. The highest BCUT2D eigenvalue weighted by Crippen LogP contribution is 2.32. The van der Waals surface area contributed by atoms with Gasteiger partial charge in [-0.1, -0.05) is 23.7 Å². The van der Waals surface area contributed by atoms with Gasteiger partial charge in [-0.2, -0.15) is 0 Å². The van der Waals surface area contributed by atoms with Crippen molar-refractivity contribution in [1.29, 1.82) is 0 Å². The van der Waals surface area contributed by atoms with Gasteiger partial charge in [0.15, 0.2) is 0 Å². The summed E-state index contributed by atoms with van der Waals surface area (Å²) in [4.78, 5) is 35.0. The van der Waals surface area contributed by atoms with Gasteiger partial charge < -0.3 is 5.32 Å². The van der Waals surface area contributed by atoms with Gasteiger partial charge in [-0.15, -0.1) is 0 Å². The average Bonchev–Trinajstić information content (AvgIpc) is 2.82. The van der Waals surface area contributed by atoms with Crippen molar-refractivity contribution in [3.05, 3.63) is 63.2 Å². The predicted octanol–water partition coefficient (Wildman–Crippen LogP) is 2.42. The number of fused-ring (bicyclic) bond motifs is 1. The largest absolute Gasteiger partial charge is 0.324 e. The number of benzene rings is 2. The second kappa shape index (κ2) is 6.63. The zero-order valence-corrected chi connectivity index (χ0v) is 15.3. The number of nitro groups is 1. The molecular formula is C16H12ClN3O6S. The van der Waals surface area contributed by atoms with Crippen LogP contribution in [-0.4, -0.2) is 35.5 Å². The van der Waals surface area contributed by atoms with Gasteiger partial charge in [-0.05, 0) is 31.2 Å². The molecule has 0 aromatic heterocycles. The van der Waals surface area contributed by atoms with Gasteiger partial charge in [0.05, 0.1) is 10.5 Å². The second-order valence-electron chi connectivity index (χ2n) is 5.69. The first kappa shape index (κ1) is 18.8. The van der Waals surface area contributed by atoms with E-state index < -0.39 is 38.5 Å². The van der Waals surface area contributed by atoms with Gasteiger partial charge in [0, 0.05) is 11.8 Å². The molecule has 0 fully saturated rings. The summed E-state index contributed by atoms with van der Waals surface area (Å²) < 4.78 is 25.7. The van der Waals surface area contributed by atoms with Crippen molar-refractivity contribution >= 4 is 44.8 Å². The third kappa shape index (κ3) is 3.13. The van der Waals surface area contributed by atoms with Gasteiger partial charge in [0.1, 0.15) is 16.0 Å². The Hall–Kier alpha value is -2.98. The van der Waals surface area contributed by atoms with Crippen LogP contribution in [0, 0.1) is 10.1 Å². The molecule has 2 aromatic rings. The zero-order valence-electron chi connectivity index (χ0n) is 13.7. The van der Waals surface area contributed by atoms with Crippen LogP contribution < -0.4 is 5.32 Å². The number of carbonyl (C=O) groups is 2. The molecule has 0 radical (unpaired) electrons. The fraction of sp³-hybridized carbons (Fsp3) is 0.125. The molecule has 0 spiro atoms. The molecule has 1 heterocycles. The lowest BCUT2D eigenvalue weighted by molar-refractivity contribution is -0.384. The number of anilines is 1. The van der Waals surface area contributed by atoms with Crippen LogP contribution >= 0.6 is 11.6 Å². The first-order chi connectivity index (χ1) is 12.6. The number of amides is 2. The van der Waals surface area contributed by atoms with Crippen LogP contribution in [0.3, 0.4) is 0 Å². The third-order valence-electron chi connectivity index (χ3n) is 4.00. The molecule has 1 atom stereocenters. The maximum Gasteiger partial charge on any atom is 0.289 e. The molecule has 1 N–H and O–H groups in total. The summed E-state index contributed by atoms with van der Waals surface area (Å²) in [6.45, 7) is 1.25. The number of carbonyl (C=O) groups excluding carboxylic acids is 2. The van der Waals surface area contributed by atoms with E-state index in [4.69, 9.17) is 11.6 Å². The molecule has 0 aliphatic carbocycles. The molecular weight excluding hydrogens is 398 g/mol. The number of nitro benzene ring substituents is 1. The highest BCUT2D eigenvalue weighted by molar-refractivity contribution is 7.90. The molecule has 0 unspecified atom stereocenters. The summed E-state index contributed by atoms with van der Waals surface area (Å²) in [6.07, 6.45) is 0. The van der Waals surface area contributed by atoms with E-state index in [1.807, 2.05) is 0 Å². The smallest absolute Gasteiger partial charge is 0.289 e. The fourth-order valence-electron chi connectivity index (χ4n) is 2.67. The molecule has 2 aromatic carbocycles. The number of halogens is 1. The van der Waals surface area contributed by atoms with Crippen molar-refractivity contribution in [2.45, 2.75) is 17.9 Å². The van der Waals surface area contributed by atoms with Crippen LogP contribution in [0.25, 0.3) is 0 Å². The van der Waals surface area contributed by atoms with E-state index in [1.54, 1.807) is 0 Å². The Bertz CT molecular complexity index is 1090. The van der Waals surface area contributed by atoms with E-state index in [1.165, 1.54) is 43.3 Å². The maximum atomic E-state index is 12.6. The van der Waals surface area contributed by atoms with Crippen molar-refractivity contribution < 1.29 is 22.9 Å². The first-order valence-corrected chi connectivity index (χ1v) is 9.39. The first-order valence-electron chi connectivity index (χ1n) is 7.57. The van der Waals surface area contributed by atoms with Gasteiger partial charge in [-0.25, -0.2) is 12.7 Å². The van der Waals surface area contributed by atoms with Crippen molar-refractivity contribution in [1.82, 2.24) is 4.31 Å². The Balaban J connectivity index is 1.88. The van der Waals surface area contributed by atoms with Crippen molar-refractivity contribution in [2.75, 3.05) is 5.32 Å². The minimum absolute atomic E-state index is 0.0146. The molecule has 0 saturated heterocycles. The third-order valence-corrected chi connectivity index (χ3v) is 6.23. The number of hydrogen-bond donors (Lipinski definition) is 1. The lowest BCUT2D eigenvalue weighted by Crippen LogP contribution is -2.45. The van der Waals surface area contributed by atoms with Crippen LogP contribution in [0.5, 0.6) is 0 Å². The number of sulfonamides is 1. The Kier molecular flexibility index (Phi) is 4.62. The van der Waals surface area contributed by atoms with E-state index in [0.29, 0.717) is 4.31 Å². The number of rotatable bonds is 4. The maximum absolute atomic E-state index is 12.6. The highest BCUT2D eigenvalue weighted by atomic mass is 35.5. The van der Waals surface area contributed by atoms with Crippen molar-refractivity contribution in [3.8, 4) is 0 Å². The second-order valence-corrected chi connectivity index (χ2v) is 7.88. The fourth-order valence-corrected chi connectivity index (χ4v) is 4.58. The minimum atomic E-state index is -4.17.